The lowest BCUT2D eigenvalue weighted by atomic mass is 10.1. The van der Waals surface area contributed by atoms with Crippen LogP contribution < -0.4 is 0 Å². The van der Waals surface area contributed by atoms with Crippen molar-refractivity contribution in [2.24, 2.45) is 0 Å². The lowest BCUT2D eigenvalue weighted by Crippen LogP contribution is -2.19. The van der Waals surface area contributed by atoms with E-state index < -0.39 is 0 Å². The quantitative estimate of drug-likeness (QED) is 0.548. The fraction of sp³-hybridized carbons (Fsp3) is 0.364. The number of carbonyl (C=O) groups excluding carboxylic acids is 1. The van der Waals surface area contributed by atoms with Crippen LogP contribution in [0.4, 0.5) is 0 Å². The van der Waals surface area contributed by atoms with E-state index in [4.69, 9.17) is 4.74 Å². The van der Waals surface area contributed by atoms with Gasteiger partial charge in [0.1, 0.15) is 4.83 Å². The fourth-order valence-electron chi connectivity index (χ4n) is 1.21. The Balaban J connectivity index is 2.72. The van der Waals surface area contributed by atoms with Crippen LogP contribution in [0.25, 0.3) is 0 Å². The Hall–Kier alpha value is 0.130. The molecule has 0 aliphatic carbocycles. The van der Waals surface area contributed by atoms with Crippen LogP contribution in [0.5, 0.6) is 0 Å². The molecule has 1 aromatic rings. The molecule has 88 valence electrons. The second kappa shape index (κ2) is 6.77. The summed E-state index contributed by atoms with van der Waals surface area (Å²) in [5.41, 5.74) is 1.06. The number of hydrogen-bond donors (Lipinski definition) is 0. The number of rotatable bonds is 4. The molecule has 0 amide bonds. The first-order valence-electron chi connectivity index (χ1n) is 4.79. The van der Waals surface area contributed by atoms with Gasteiger partial charge in [-0.1, -0.05) is 47.8 Å². The van der Waals surface area contributed by atoms with Crippen molar-refractivity contribution in [1.29, 1.82) is 0 Å². The molecule has 0 aromatic heterocycles. The summed E-state index contributed by atoms with van der Waals surface area (Å²) < 4.78 is 6.92. The van der Waals surface area contributed by atoms with E-state index >= 15 is 0 Å². The van der Waals surface area contributed by atoms with Gasteiger partial charge in [-0.3, -0.25) is 4.79 Å². The molecule has 1 unspecified atom stereocenters. The second-order valence-electron chi connectivity index (χ2n) is 3.16. The fourth-order valence-corrected chi connectivity index (χ4v) is 2.51. The van der Waals surface area contributed by atoms with Gasteiger partial charge in [-0.15, -0.1) is 0 Å². The van der Waals surface area contributed by atoms with Crippen LogP contribution in [0.2, 0.25) is 0 Å². The first-order chi connectivity index (χ1) is 7.54. The maximum atomic E-state index is 11.4. The zero-order chi connectivity index (χ0) is 12.1. The molecular weight excluding hydrogens is 404 g/mol. The Labute approximate surface area is 120 Å². The normalized spacial score (nSPS) is 12.2. The summed E-state index contributed by atoms with van der Waals surface area (Å²) in [4.78, 5) is 11.1. The van der Waals surface area contributed by atoms with Crippen molar-refractivity contribution in [3.8, 4) is 0 Å². The van der Waals surface area contributed by atoms with E-state index in [-0.39, 0.29) is 10.8 Å². The first kappa shape index (κ1) is 14.2. The van der Waals surface area contributed by atoms with Gasteiger partial charge >= 0.3 is 5.97 Å². The maximum Gasteiger partial charge on any atom is 0.320 e. The summed E-state index contributed by atoms with van der Waals surface area (Å²) in [6, 6.07) is 5.88. The molecule has 5 heteroatoms. The van der Waals surface area contributed by atoms with Crippen molar-refractivity contribution in [3.63, 3.8) is 0 Å². The second-order valence-corrected chi connectivity index (χ2v) is 6.03. The number of carbonyl (C=O) groups is 1. The summed E-state index contributed by atoms with van der Waals surface area (Å²) in [7, 11) is 0. The van der Waals surface area contributed by atoms with Gasteiger partial charge in [0.05, 0.1) is 6.61 Å². The van der Waals surface area contributed by atoms with Crippen LogP contribution in [-0.2, 0) is 16.0 Å². The summed E-state index contributed by atoms with van der Waals surface area (Å²) in [6.07, 6.45) is 0.596. The van der Waals surface area contributed by atoms with Gasteiger partial charge in [0, 0.05) is 8.95 Å². The van der Waals surface area contributed by atoms with Crippen LogP contribution in [0.15, 0.2) is 27.1 Å². The highest BCUT2D eigenvalue weighted by atomic mass is 79.9. The predicted octanol–water partition coefficient (Wildman–Crippen LogP) is 4.08. The van der Waals surface area contributed by atoms with Crippen LogP contribution in [0.3, 0.4) is 0 Å². The Morgan fingerprint density at radius 2 is 2.12 bits per heavy atom. The van der Waals surface area contributed by atoms with Gasteiger partial charge in [0.25, 0.3) is 0 Å². The molecule has 1 aromatic carbocycles. The molecule has 0 radical (unpaired) electrons. The molecule has 0 saturated carbocycles. The summed E-state index contributed by atoms with van der Waals surface area (Å²) >= 11 is 10.2. The van der Waals surface area contributed by atoms with Gasteiger partial charge in [0.15, 0.2) is 0 Å². The minimum absolute atomic E-state index is 0.227. The van der Waals surface area contributed by atoms with Crippen molar-refractivity contribution in [1.82, 2.24) is 0 Å². The molecule has 0 aliphatic rings. The number of esters is 1. The highest BCUT2D eigenvalue weighted by Gasteiger charge is 2.17. The van der Waals surface area contributed by atoms with Gasteiger partial charge in [-0.25, -0.2) is 0 Å². The van der Waals surface area contributed by atoms with Gasteiger partial charge in [0.2, 0.25) is 0 Å². The molecule has 0 heterocycles. The number of alkyl halides is 1. The molecular formula is C11H11Br3O2. The van der Waals surface area contributed by atoms with Crippen molar-refractivity contribution < 1.29 is 9.53 Å². The average Bonchev–Trinajstić information content (AvgIpc) is 2.23. The van der Waals surface area contributed by atoms with E-state index in [1.165, 1.54) is 0 Å². The molecule has 0 bridgehead atoms. The average molecular weight is 415 g/mol. The zero-order valence-electron chi connectivity index (χ0n) is 8.67. The standard InChI is InChI=1S/C11H11Br3O2/c1-2-16-11(15)10(14)6-7-5-8(12)3-4-9(7)13/h3-5,10H,2,6H2,1H3. The van der Waals surface area contributed by atoms with Gasteiger partial charge in [-0.2, -0.15) is 0 Å². The third kappa shape index (κ3) is 4.18. The minimum atomic E-state index is -0.307. The van der Waals surface area contributed by atoms with E-state index in [9.17, 15) is 4.79 Å². The lowest BCUT2D eigenvalue weighted by molar-refractivity contribution is -0.142. The Morgan fingerprint density at radius 3 is 2.75 bits per heavy atom. The minimum Gasteiger partial charge on any atom is -0.465 e. The number of ether oxygens (including phenoxy) is 1. The molecule has 0 saturated heterocycles. The lowest BCUT2D eigenvalue weighted by Gasteiger charge is -2.10. The van der Waals surface area contributed by atoms with Crippen molar-refractivity contribution >= 4 is 53.8 Å². The highest BCUT2D eigenvalue weighted by Crippen LogP contribution is 2.24. The summed E-state index contributed by atoms with van der Waals surface area (Å²) in [5.74, 6) is -0.227. The predicted molar refractivity (Wildman–Crippen MR) is 74.9 cm³/mol. The molecule has 0 spiro atoms. The Kier molecular flexibility index (Phi) is 6.00. The maximum absolute atomic E-state index is 11.4. The van der Waals surface area contributed by atoms with Gasteiger partial charge < -0.3 is 4.74 Å². The number of hydrogen-bond acceptors (Lipinski definition) is 2. The zero-order valence-corrected chi connectivity index (χ0v) is 13.4. The first-order valence-corrected chi connectivity index (χ1v) is 7.29. The number of halogens is 3. The van der Waals surface area contributed by atoms with Crippen LogP contribution >= 0.6 is 47.8 Å². The molecule has 1 atom stereocenters. The molecule has 0 aliphatic heterocycles. The SMILES string of the molecule is CCOC(=O)C(Br)Cc1cc(Br)ccc1Br. The molecule has 1 rings (SSSR count). The molecule has 0 fully saturated rings. The van der Waals surface area contributed by atoms with E-state index in [0.29, 0.717) is 13.0 Å². The highest BCUT2D eigenvalue weighted by molar-refractivity contribution is 9.11. The molecule has 2 nitrogen and oxygen atoms in total. The third-order valence-electron chi connectivity index (χ3n) is 1.95. The van der Waals surface area contributed by atoms with Crippen LogP contribution in [0.1, 0.15) is 12.5 Å². The van der Waals surface area contributed by atoms with Crippen molar-refractivity contribution in [2.75, 3.05) is 6.61 Å². The van der Waals surface area contributed by atoms with E-state index in [1.54, 1.807) is 6.92 Å². The monoisotopic (exact) mass is 412 g/mol. The van der Waals surface area contributed by atoms with E-state index in [0.717, 1.165) is 14.5 Å². The third-order valence-corrected chi connectivity index (χ3v) is 3.91. The molecule has 16 heavy (non-hydrogen) atoms. The van der Waals surface area contributed by atoms with Crippen molar-refractivity contribution in [2.45, 2.75) is 18.2 Å². The van der Waals surface area contributed by atoms with E-state index in [1.807, 2.05) is 18.2 Å². The Bertz CT molecular complexity index is 379. The van der Waals surface area contributed by atoms with Crippen LogP contribution in [0, 0.1) is 0 Å². The molecule has 0 N–H and O–H groups in total. The summed E-state index contributed by atoms with van der Waals surface area (Å²) in [6.45, 7) is 2.20. The topological polar surface area (TPSA) is 26.3 Å². The Morgan fingerprint density at radius 1 is 1.44 bits per heavy atom. The van der Waals surface area contributed by atoms with Crippen LogP contribution in [-0.4, -0.2) is 17.4 Å². The summed E-state index contributed by atoms with van der Waals surface area (Å²) in [5, 5.41) is 0. The largest absolute Gasteiger partial charge is 0.465 e. The van der Waals surface area contributed by atoms with E-state index in [2.05, 4.69) is 47.8 Å². The number of benzene rings is 1. The smallest absolute Gasteiger partial charge is 0.320 e. The van der Waals surface area contributed by atoms with Gasteiger partial charge in [-0.05, 0) is 37.1 Å². The van der Waals surface area contributed by atoms with Crippen molar-refractivity contribution in [3.05, 3.63) is 32.7 Å².